The van der Waals surface area contributed by atoms with Gasteiger partial charge in [0.25, 0.3) is 0 Å². The van der Waals surface area contributed by atoms with E-state index in [-0.39, 0.29) is 6.04 Å². The van der Waals surface area contributed by atoms with Crippen LogP contribution in [0.4, 0.5) is 0 Å². The quantitative estimate of drug-likeness (QED) is 0.709. The van der Waals surface area contributed by atoms with Crippen molar-refractivity contribution in [1.29, 1.82) is 5.26 Å². The molecule has 1 aliphatic rings. The Labute approximate surface area is 80.5 Å². The van der Waals surface area contributed by atoms with E-state index < -0.39 is 0 Å². The molecule has 1 heterocycles. The molecule has 2 N–H and O–H groups in total. The van der Waals surface area contributed by atoms with Crippen LogP contribution in [0.5, 0.6) is 0 Å². The van der Waals surface area contributed by atoms with Gasteiger partial charge in [0.2, 0.25) is 0 Å². The third-order valence-electron chi connectivity index (χ3n) is 3.00. The summed E-state index contributed by atoms with van der Waals surface area (Å²) in [5, 5.41) is 8.64. The topological polar surface area (TPSA) is 53.0 Å². The number of hydrogen-bond acceptors (Lipinski definition) is 3. The highest BCUT2D eigenvalue weighted by molar-refractivity contribution is 4.94. The van der Waals surface area contributed by atoms with Crippen LogP contribution in [-0.4, -0.2) is 29.6 Å². The van der Waals surface area contributed by atoms with Gasteiger partial charge in [0.1, 0.15) is 6.04 Å². The molecule has 1 fully saturated rings. The highest BCUT2D eigenvalue weighted by Crippen LogP contribution is 2.25. The predicted octanol–water partition coefficient (Wildman–Crippen LogP) is 1.10. The van der Waals surface area contributed by atoms with Crippen LogP contribution < -0.4 is 5.73 Å². The van der Waals surface area contributed by atoms with Crippen LogP contribution in [0.2, 0.25) is 0 Å². The van der Waals surface area contributed by atoms with Gasteiger partial charge in [-0.15, -0.1) is 0 Å². The zero-order valence-corrected chi connectivity index (χ0v) is 8.53. The molecule has 1 saturated heterocycles. The van der Waals surface area contributed by atoms with Crippen molar-refractivity contribution in [3.63, 3.8) is 0 Å². The van der Waals surface area contributed by atoms with E-state index in [9.17, 15) is 0 Å². The summed E-state index contributed by atoms with van der Waals surface area (Å²) in [5.41, 5.74) is 5.63. The Kier molecular flexibility index (Phi) is 3.71. The number of nitrogens with zero attached hydrogens (tertiary/aromatic N) is 2. The lowest BCUT2D eigenvalue weighted by Crippen LogP contribution is -2.42. The lowest BCUT2D eigenvalue weighted by Gasteiger charge is -2.28. The van der Waals surface area contributed by atoms with Crippen molar-refractivity contribution in [3.05, 3.63) is 0 Å². The fraction of sp³-hybridized carbons (Fsp3) is 0.900. The van der Waals surface area contributed by atoms with Gasteiger partial charge in [0, 0.05) is 18.6 Å². The fourth-order valence-corrected chi connectivity index (χ4v) is 2.16. The minimum atomic E-state index is -0.324. The molecule has 0 aliphatic carbocycles. The van der Waals surface area contributed by atoms with Crippen molar-refractivity contribution >= 4 is 0 Å². The van der Waals surface area contributed by atoms with Crippen molar-refractivity contribution in [1.82, 2.24) is 4.90 Å². The largest absolute Gasteiger partial charge is 0.315 e. The van der Waals surface area contributed by atoms with Crippen LogP contribution in [0.15, 0.2) is 0 Å². The van der Waals surface area contributed by atoms with Crippen molar-refractivity contribution < 1.29 is 0 Å². The van der Waals surface area contributed by atoms with Crippen LogP contribution in [0.1, 0.15) is 33.1 Å². The molecule has 74 valence electrons. The molecule has 3 heteroatoms. The van der Waals surface area contributed by atoms with Crippen molar-refractivity contribution in [2.24, 2.45) is 5.73 Å². The molecule has 1 aliphatic heterocycles. The second kappa shape index (κ2) is 4.59. The molecule has 0 saturated carbocycles. The third-order valence-corrected chi connectivity index (χ3v) is 3.00. The van der Waals surface area contributed by atoms with E-state index in [2.05, 4.69) is 24.8 Å². The summed E-state index contributed by atoms with van der Waals surface area (Å²) in [6, 6.07) is 3.02. The van der Waals surface area contributed by atoms with Gasteiger partial charge in [-0.3, -0.25) is 4.90 Å². The van der Waals surface area contributed by atoms with Crippen molar-refractivity contribution in [2.45, 2.75) is 51.2 Å². The van der Waals surface area contributed by atoms with Crippen molar-refractivity contribution in [3.8, 4) is 6.07 Å². The first-order valence-electron chi connectivity index (χ1n) is 5.10. The fourth-order valence-electron chi connectivity index (χ4n) is 2.16. The van der Waals surface area contributed by atoms with Gasteiger partial charge in [0.15, 0.2) is 0 Å². The maximum absolute atomic E-state index is 8.64. The van der Waals surface area contributed by atoms with E-state index >= 15 is 0 Å². The molecule has 0 aromatic carbocycles. The number of nitriles is 1. The zero-order valence-electron chi connectivity index (χ0n) is 8.53. The van der Waals surface area contributed by atoms with E-state index in [4.69, 9.17) is 11.0 Å². The van der Waals surface area contributed by atoms with Gasteiger partial charge in [0.05, 0.1) is 6.07 Å². The molecular formula is C10H19N3. The molecule has 0 amide bonds. The maximum Gasteiger partial charge on any atom is 0.106 e. The Hall–Kier alpha value is -0.590. The van der Waals surface area contributed by atoms with Crippen LogP contribution in [0, 0.1) is 11.3 Å². The molecule has 0 bridgehead atoms. The van der Waals surface area contributed by atoms with Crippen LogP contribution in [0.25, 0.3) is 0 Å². The van der Waals surface area contributed by atoms with Gasteiger partial charge in [-0.25, -0.2) is 0 Å². The second-order valence-corrected chi connectivity index (χ2v) is 3.92. The molecular weight excluding hydrogens is 162 g/mol. The van der Waals surface area contributed by atoms with E-state index in [1.54, 1.807) is 0 Å². The molecule has 3 atom stereocenters. The third kappa shape index (κ3) is 2.43. The second-order valence-electron chi connectivity index (χ2n) is 3.92. The first-order chi connectivity index (χ1) is 6.19. The minimum absolute atomic E-state index is 0.324. The molecule has 13 heavy (non-hydrogen) atoms. The molecule has 3 unspecified atom stereocenters. The van der Waals surface area contributed by atoms with E-state index in [0.29, 0.717) is 12.1 Å². The summed E-state index contributed by atoms with van der Waals surface area (Å²) in [5.74, 6) is 0. The highest BCUT2D eigenvalue weighted by atomic mass is 15.2. The Bertz CT molecular complexity index is 197. The van der Waals surface area contributed by atoms with Gasteiger partial charge in [-0.1, -0.05) is 6.92 Å². The maximum atomic E-state index is 8.64. The Morgan fingerprint density at radius 3 is 2.85 bits per heavy atom. The Morgan fingerprint density at radius 1 is 1.62 bits per heavy atom. The summed E-state index contributed by atoms with van der Waals surface area (Å²) in [4.78, 5) is 2.38. The number of rotatable bonds is 3. The summed E-state index contributed by atoms with van der Waals surface area (Å²) in [7, 11) is 0. The predicted molar refractivity (Wildman–Crippen MR) is 53.1 cm³/mol. The smallest absolute Gasteiger partial charge is 0.106 e. The van der Waals surface area contributed by atoms with E-state index in [1.165, 1.54) is 19.3 Å². The summed E-state index contributed by atoms with van der Waals surface area (Å²) in [6.45, 7) is 5.16. The average molecular weight is 181 g/mol. The SMILES string of the molecule is CCC1CCC(C)N1CC(N)C#N. The first-order valence-corrected chi connectivity index (χ1v) is 5.10. The summed E-state index contributed by atoms with van der Waals surface area (Å²) >= 11 is 0. The monoisotopic (exact) mass is 181 g/mol. The highest BCUT2D eigenvalue weighted by Gasteiger charge is 2.29. The van der Waals surface area contributed by atoms with Crippen LogP contribution >= 0.6 is 0 Å². The van der Waals surface area contributed by atoms with E-state index in [1.807, 2.05) is 0 Å². The summed E-state index contributed by atoms with van der Waals surface area (Å²) < 4.78 is 0. The molecule has 0 aromatic heterocycles. The molecule has 1 rings (SSSR count). The summed E-state index contributed by atoms with van der Waals surface area (Å²) in [6.07, 6.45) is 3.68. The Balaban J connectivity index is 2.50. The number of hydrogen-bond donors (Lipinski definition) is 1. The van der Waals surface area contributed by atoms with Gasteiger partial charge < -0.3 is 5.73 Å². The van der Waals surface area contributed by atoms with Gasteiger partial charge in [-0.2, -0.15) is 5.26 Å². The standard InChI is InChI=1S/C10H19N3/c1-3-10-5-4-8(2)13(10)7-9(12)6-11/h8-10H,3-5,7,12H2,1-2H3. The number of likely N-dealkylation sites (tertiary alicyclic amines) is 1. The van der Waals surface area contributed by atoms with Crippen LogP contribution in [-0.2, 0) is 0 Å². The first kappa shape index (κ1) is 10.5. The zero-order chi connectivity index (χ0) is 9.84. The molecule has 3 nitrogen and oxygen atoms in total. The normalized spacial score (nSPS) is 31.5. The lowest BCUT2D eigenvalue weighted by atomic mass is 10.1. The average Bonchev–Trinajstić information content (AvgIpc) is 2.48. The van der Waals surface area contributed by atoms with Gasteiger partial charge in [-0.05, 0) is 26.2 Å². The van der Waals surface area contributed by atoms with E-state index in [0.717, 1.165) is 6.54 Å². The Morgan fingerprint density at radius 2 is 2.31 bits per heavy atom. The van der Waals surface area contributed by atoms with Crippen molar-refractivity contribution in [2.75, 3.05) is 6.54 Å². The molecule has 0 spiro atoms. The van der Waals surface area contributed by atoms with Crippen LogP contribution in [0.3, 0.4) is 0 Å². The molecule has 0 radical (unpaired) electrons. The lowest BCUT2D eigenvalue weighted by molar-refractivity contribution is 0.195. The number of nitrogens with two attached hydrogens (primary N) is 1. The molecule has 0 aromatic rings. The van der Waals surface area contributed by atoms with Gasteiger partial charge >= 0.3 is 0 Å². The minimum Gasteiger partial charge on any atom is -0.315 e.